The van der Waals surface area contributed by atoms with Crippen LogP contribution in [0.25, 0.3) is 0 Å². The van der Waals surface area contributed by atoms with E-state index in [-0.39, 0.29) is 0 Å². The van der Waals surface area contributed by atoms with Gasteiger partial charge in [0.05, 0.1) is 17.3 Å². The smallest absolute Gasteiger partial charge is 0.125 e. The van der Waals surface area contributed by atoms with E-state index in [1.165, 1.54) is 0 Å². The standard InChI is InChI=1S/C17H20ClN3O/c1-13-10-19-7-3-17(13)22-12-14-4-8-21(9-5-14)16-2-6-20-11-15(16)18/h2-3,6-7,10-11,14H,4-5,8-9,12H2,1H3. The van der Waals surface area contributed by atoms with Crippen molar-refractivity contribution in [3.8, 4) is 5.75 Å². The summed E-state index contributed by atoms with van der Waals surface area (Å²) >= 11 is 6.22. The van der Waals surface area contributed by atoms with Gasteiger partial charge in [0, 0.05) is 43.4 Å². The number of piperidine rings is 1. The maximum Gasteiger partial charge on any atom is 0.125 e. The van der Waals surface area contributed by atoms with Crippen LogP contribution in [-0.2, 0) is 0 Å². The number of hydrogen-bond donors (Lipinski definition) is 0. The van der Waals surface area contributed by atoms with Crippen molar-refractivity contribution in [1.29, 1.82) is 0 Å². The average molecular weight is 318 g/mol. The zero-order chi connectivity index (χ0) is 15.4. The van der Waals surface area contributed by atoms with Crippen molar-refractivity contribution in [2.24, 2.45) is 5.92 Å². The third-order valence-corrected chi connectivity index (χ3v) is 4.44. The molecule has 0 aromatic carbocycles. The highest BCUT2D eigenvalue weighted by molar-refractivity contribution is 6.33. The van der Waals surface area contributed by atoms with Gasteiger partial charge in [0.15, 0.2) is 0 Å². The molecule has 116 valence electrons. The number of hydrogen-bond acceptors (Lipinski definition) is 4. The van der Waals surface area contributed by atoms with Crippen LogP contribution >= 0.6 is 11.6 Å². The molecule has 2 aromatic heterocycles. The van der Waals surface area contributed by atoms with Gasteiger partial charge in [-0.25, -0.2) is 0 Å². The van der Waals surface area contributed by atoms with Crippen molar-refractivity contribution in [3.63, 3.8) is 0 Å². The van der Waals surface area contributed by atoms with Crippen LogP contribution in [0.3, 0.4) is 0 Å². The van der Waals surface area contributed by atoms with Gasteiger partial charge < -0.3 is 9.64 Å². The first-order valence-corrected chi connectivity index (χ1v) is 7.99. The first-order chi connectivity index (χ1) is 10.7. The lowest BCUT2D eigenvalue weighted by atomic mass is 9.97. The van der Waals surface area contributed by atoms with Crippen LogP contribution in [0.1, 0.15) is 18.4 Å². The molecule has 1 saturated heterocycles. The lowest BCUT2D eigenvalue weighted by Gasteiger charge is -2.33. The molecule has 0 amide bonds. The van der Waals surface area contributed by atoms with Crippen LogP contribution in [0, 0.1) is 12.8 Å². The zero-order valence-electron chi connectivity index (χ0n) is 12.7. The van der Waals surface area contributed by atoms with Gasteiger partial charge in [-0.2, -0.15) is 0 Å². The highest BCUT2D eigenvalue weighted by atomic mass is 35.5. The van der Waals surface area contributed by atoms with E-state index in [9.17, 15) is 0 Å². The number of rotatable bonds is 4. The van der Waals surface area contributed by atoms with Gasteiger partial charge in [-0.1, -0.05) is 11.6 Å². The molecule has 0 unspecified atom stereocenters. The van der Waals surface area contributed by atoms with Crippen molar-refractivity contribution in [2.75, 3.05) is 24.6 Å². The van der Waals surface area contributed by atoms with Crippen molar-refractivity contribution >= 4 is 17.3 Å². The van der Waals surface area contributed by atoms with Crippen LogP contribution in [0.15, 0.2) is 36.9 Å². The van der Waals surface area contributed by atoms with E-state index in [1.54, 1.807) is 18.6 Å². The fourth-order valence-corrected chi connectivity index (χ4v) is 3.03. The first kappa shape index (κ1) is 15.1. The Balaban J connectivity index is 1.52. The summed E-state index contributed by atoms with van der Waals surface area (Å²) in [5.41, 5.74) is 2.17. The van der Waals surface area contributed by atoms with E-state index in [0.29, 0.717) is 5.92 Å². The van der Waals surface area contributed by atoms with Gasteiger partial charge in [-0.05, 0) is 37.8 Å². The van der Waals surface area contributed by atoms with Crippen molar-refractivity contribution in [2.45, 2.75) is 19.8 Å². The largest absolute Gasteiger partial charge is 0.493 e. The van der Waals surface area contributed by atoms with Crippen LogP contribution in [0.5, 0.6) is 5.75 Å². The molecule has 0 radical (unpaired) electrons. The summed E-state index contributed by atoms with van der Waals surface area (Å²) < 4.78 is 5.95. The molecule has 3 rings (SSSR count). The summed E-state index contributed by atoms with van der Waals surface area (Å²) in [7, 11) is 0. The van der Waals surface area contributed by atoms with Gasteiger partial charge in [0.1, 0.15) is 5.75 Å². The third kappa shape index (κ3) is 3.50. The SMILES string of the molecule is Cc1cnccc1OCC1CCN(c2ccncc2Cl)CC1. The molecule has 1 aliphatic rings. The molecule has 4 nitrogen and oxygen atoms in total. The minimum atomic E-state index is 0.587. The monoisotopic (exact) mass is 317 g/mol. The minimum absolute atomic E-state index is 0.587. The van der Waals surface area contributed by atoms with Crippen LogP contribution in [0.2, 0.25) is 5.02 Å². The van der Waals surface area contributed by atoms with Crippen molar-refractivity contribution in [1.82, 2.24) is 9.97 Å². The Bertz CT molecular complexity index is 627. The summed E-state index contributed by atoms with van der Waals surface area (Å²) in [6.07, 6.45) is 9.34. The molecule has 0 N–H and O–H groups in total. The maximum atomic E-state index is 6.22. The van der Waals surface area contributed by atoms with E-state index in [0.717, 1.165) is 54.6 Å². The molecule has 1 aliphatic heterocycles. The fourth-order valence-electron chi connectivity index (χ4n) is 2.80. The van der Waals surface area contributed by atoms with Gasteiger partial charge in [0.2, 0.25) is 0 Å². The predicted molar refractivity (Wildman–Crippen MR) is 88.7 cm³/mol. The maximum absolute atomic E-state index is 6.22. The van der Waals surface area contributed by atoms with E-state index in [2.05, 4.69) is 14.9 Å². The second-order valence-electron chi connectivity index (χ2n) is 5.71. The summed E-state index contributed by atoms with van der Waals surface area (Å²) in [4.78, 5) is 10.5. The number of aryl methyl sites for hydroxylation is 1. The molecule has 3 heterocycles. The Labute approximate surface area is 136 Å². The highest BCUT2D eigenvalue weighted by Gasteiger charge is 2.21. The lowest BCUT2D eigenvalue weighted by Crippen LogP contribution is -2.35. The molecule has 5 heteroatoms. The van der Waals surface area contributed by atoms with E-state index in [4.69, 9.17) is 16.3 Å². The topological polar surface area (TPSA) is 38.2 Å². The number of aromatic nitrogens is 2. The third-order valence-electron chi connectivity index (χ3n) is 4.15. The summed E-state index contributed by atoms with van der Waals surface area (Å²) in [6, 6.07) is 3.92. The number of ether oxygens (including phenoxy) is 1. The average Bonchev–Trinajstić information content (AvgIpc) is 2.55. The fraction of sp³-hybridized carbons (Fsp3) is 0.412. The number of nitrogens with zero attached hydrogens (tertiary/aromatic N) is 3. The Morgan fingerprint density at radius 1 is 1.18 bits per heavy atom. The summed E-state index contributed by atoms with van der Waals surface area (Å²) in [5.74, 6) is 1.53. The first-order valence-electron chi connectivity index (χ1n) is 7.62. The highest BCUT2D eigenvalue weighted by Crippen LogP contribution is 2.29. The molecular formula is C17H20ClN3O. The number of anilines is 1. The molecular weight excluding hydrogens is 298 g/mol. The normalized spacial score (nSPS) is 15.8. The van der Waals surface area contributed by atoms with Crippen molar-refractivity contribution in [3.05, 3.63) is 47.5 Å². The molecule has 0 aliphatic carbocycles. The quantitative estimate of drug-likeness (QED) is 0.861. The Kier molecular flexibility index (Phi) is 4.78. The summed E-state index contributed by atoms with van der Waals surface area (Å²) in [5, 5.41) is 0.726. The van der Waals surface area contributed by atoms with Gasteiger partial charge in [0.25, 0.3) is 0 Å². The number of halogens is 1. The Morgan fingerprint density at radius 3 is 2.64 bits per heavy atom. The van der Waals surface area contributed by atoms with Crippen LogP contribution in [-0.4, -0.2) is 29.7 Å². The van der Waals surface area contributed by atoms with Crippen molar-refractivity contribution < 1.29 is 4.74 Å². The zero-order valence-corrected chi connectivity index (χ0v) is 13.5. The van der Waals surface area contributed by atoms with Gasteiger partial charge in [-0.15, -0.1) is 0 Å². The molecule has 0 atom stereocenters. The Morgan fingerprint density at radius 2 is 1.91 bits per heavy atom. The number of pyridine rings is 2. The van der Waals surface area contributed by atoms with E-state index < -0.39 is 0 Å². The molecule has 0 spiro atoms. The minimum Gasteiger partial charge on any atom is -0.493 e. The van der Waals surface area contributed by atoms with Crippen LogP contribution < -0.4 is 9.64 Å². The Hall–Kier alpha value is -1.81. The molecule has 2 aromatic rings. The lowest BCUT2D eigenvalue weighted by molar-refractivity contribution is 0.221. The molecule has 1 fully saturated rings. The van der Waals surface area contributed by atoms with E-state index >= 15 is 0 Å². The van der Waals surface area contributed by atoms with E-state index in [1.807, 2.05) is 25.3 Å². The molecule has 0 bridgehead atoms. The predicted octanol–water partition coefficient (Wildman–Crippen LogP) is 3.73. The summed E-state index contributed by atoms with van der Waals surface area (Å²) in [6.45, 7) is 4.80. The molecule has 0 saturated carbocycles. The second kappa shape index (κ2) is 6.97. The second-order valence-corrected chi connectivity index (χ2v) is 6.12. The van der Waals surface area contributed by atoms with Crippen LogP contribution in [0.4, 0.5) is 5.69 Å². The van der Waals surface area contributed by atoms with Gasteiger partial charge in [-0.3, -0.25) is 9.97 Å². The van der Waals surface area contributed by atoms with Gasteiger partial charge >= 0.3 is 0 Å². The molecule has 22 heavy (non-hydrogen) atoms.